The van der Waals surface area contributed by atoms with E-state index in [4.69, 9.17) is 9.47 Å². The van der Waals surface area contributed by atoms with E-state index in [-0.39, 0.29) is 11.8 Å². The standard InChI is InChI=1S/C30H34N4O4/c1-19-16-22(29(35)31-12-7-15-34-13-4-5-14-34)25(32-19)18-23-28-21(8-6-9-24(28)33-30(23)36)20-10-11-26(37-2)27(17-20)38-3/h6,8-11,16-18,32H,4-5,7,12-15H2,1-3H3,(H,31,35)(H,33,36). The van der Waals surface area contributed by atoms with Crippen LogP contribution in [0, 0.1) is 6.92 Å². The molecular formula is C30H34N4O4. The minimum atomic E-state index is -0.211. The van der Waals surface area contributed by atoms with Crippen LogP contribution in [0.25, 0.3) is 22.8 Å². The van der Waals surface area contributed by atoms with Gasteiger partial charge < -0.3 is 30.0 Å². The molecule has 8 nitrogen and oxygen atoms in total. The fourth-order valence-corrected chi connectivity index (χ4v) is 5.29. The highest BCUT2D eigenvalue weighted by Gasteiger charge is 2.28. The summed E-state index contributed by atoms with van der Waals surface area (Å²) >= 11 is 0. The predicted molar refractivity (Wildman–Crippen MR) is 150 cm³/mol. The maximum Gasteiger partial charge on any atom is 0.256 e. The summed E-state index contributed by atoms with van der Waals surface area (Å²) in [6, 6.07) is 13.3. The summed E-state index contributed by atoms with van der Waals surface area (Å²) in [6.07, 6.45) is 5.21. The highest BCUT2D eigenvalue weighted by Crippen LogP contribution is 2.42. The SMILES string of the molecule is COc1ccc(-c2cccc3c2C(=Cc2[nH]c(C)cc2C(=O)NCCCN2CCCC2)C(=O)N3)cc1OC. The lowest BCUT2D eigenvalue weighted by molar-refractivity contribution is -0.110. The Morgan fingerprint density at radius 2 is 1.87 bits per heavy atom. The number of fused-ring (bicyclic) bond motifs is 1. The van der Waals surface area contributed by atoms with Crippen molar-refractivity contribution in [1.82, 2.24) is 15.2 Å². The van der Waals surface area contributed by atoms with E-state index >= 15 is 0 Å². The molecule has 2 amide bonds. The van der Waals surface area contributed by atoms with E-state index in [2.05, 4.69) is 20.5 Å². The molecule has 0 radical (unpaired) electrons. The highest BCUT2D eigenvalue weighted by molar-refractivity contribution is 6.36. The van der Waals surface area contributed by atoms with Gasteiger partial charge in [0.15, 0.2) is 11.5 Å². The number of nitrogens with one attached hydrogen (secondary N) is 3. The maximum absolute atomic E-state index is 13.1. The first-order valence-electron chi connectivity index (χ1n) is 13.1. The van der Waals surface area contributed by atoms with Crippen molar-refractivity contribution < 1.29 is 19.1 Å². The molecule has 5 rings (SSSR count). The Morgan fingerprint density at radius 3 is 2.63 bits per heavy atom. The first-order chi connectivity index (χ1) is 18.5. The zero-order valence-corrected chi connectivity index (χ0v) is 22.1. The molecular weight excluding hydrogens is 480 g/mol. The molecule has 0 unspecified atom stereocenters. The van der Waals surface area contributed by atoms with E-state index in [1.165, 1.54) is 12.8 Å². The molecule has 1 saturated heterocycles. The van der Waals surface area contributed by atoms with Crippen molar-refractivity contribution in [2.75, 3.05) is 45.7 Å². The maximum atomic E-state index is 13.1. The Morgan fingerprint density at radius 1 is 1.08 bits per heavy atom. The second kappa shape index (κ2) is 11.1. The molecule has 8 heteroatoms. The van der Waals surface area contributed by atoms with Gasteiger partial charge in [0.1, 0.15) is 0 Å². The summed E-state index contributed by atoms with van der Waals surface area (Å²) in [6.45, 7) is 5.82. The molecule has 0 saturated carbocycles. The summed E-state index contributed by atoms with van der Waals surface area (Å²) in [5, 5.41) is 6.02. The monoisotopic (exact) mass is 514 g/mol. The number of likely N-dealkylation sites (tertiary alicyclic amines) is 1. The topological polar surface area (TPSA) is 95.7 Å². The van der Waals surface area contributed by atoms with Gasteiger partial charge in [-0.2, -0.15) is 0 Å². The van der Waals surface area contributed by atoms with Gasteiger partial charge in [0, 0.05) is 23.5 Å². The average molecular weight is 515 g/mol. The van der Waals surface area contributed by atoms with Crippen LogP contribution >= 0.6 is 0 Å². The average Bonchev–Trinajstić information content (AvgIpc) is 3.65. The van der Waals surface area contributed by atoms with Gasteiger partial charge >= 0.3 is 0 Å². The summed E-state index contributed by atoms with van der Waals surface area (Å²) in [5.74, 6) is 0.882. The van der Waals surface area contributed by atoms with Crippen LogP contribution in [0.15, 0.2) is 42.5 Å². The van der Waals surface area contributed by atoms with Crippen molar-refractivity contribution in [2.45, 2.75) is 26.2 Å². The summed E-state index contributed by atoms with van der Waals surface area (Å²) < 4.78 is 10.9. The van der Waals surface area contributed by atoms with Crippen molar-refractivity contribution >= 4 is 29.2 Å². The Balaban J connectivity index is 1.43. The Kier molecular flexibility index (Phi) is 7.51. The molecule has 0 atom stereocenters. The molecule has 198 valence electrons. The number of H-pyrrole nitrogens is 1. The van der Waals surface area contributed by atoms with Gasteiger partial charge in [-0.3, -0.25) is 9.59 Å². The van der Waals surface area contributed by atoms with E-state index in [0.29, 0.717) is 34.9 Å². The number of hydrogen-bond donors (Lipinski definition) is 3. The third-order valence-electron chi connectivity index (χ3n) is 7.17. The van der Waals surface area contributed by atoms with E-state index < -0.39 is 0 Å². The number of carbonyl (C=O) groups is 2. The van der Waals surface area contributed by atoms with Crippen LogP contribution in [0.4, 0.5) is 5.69 Å². The molecule has 3 N–H and O–H groups in total. The molecule has 0 spiro atoms. The van der Waals surface area contributed by atoms with E-state index in [9.17, 15) is 9.59 Å². The van der Waals surface area contributed by atoms with Gasteiger partial charge in [-0.05, 0) is 87.3 Å². The van der Waals surface area contributed by atoms with E-state index in [0.717, 1.165) is 54.1 Å². The lowest BCUT2D eigenvalue weighted by Gasteiger charge is -2.14. The molecule has 3 aromatic rings. The smallest absolute Gasteiger partial charge is 0.256 e. The van der Waals surface area contributed by atoms with Crippen molar-refractivity contribution in [3.63, 3.8) is 0 Å². The van der Waals surface area contributed by atoms with Crippen LogP contribution in [0.1, 0.15) is 46.6 Å². The van der Waals surface area contributed by atoms with Crippen molar-refractivity contribution in [3.8, 4) is 22.6 Å². The number of amides is 2. The Bertz CT molecular complexity index is 1380. The number of carbonyl (C=O) groups excluding carboxylic acids is 2. The van der Waals surface area contributed by atoms with E-state index in [1.807, 2.05) is 49.4 Å². The number of anilines is 1. The van der Waals surface area contributed by atoms with Crippen LogP contribution in [-0.4, -0.2) is 62.1 Å². The van der Waals surface area contributed by atoms with Crippen molar-refractivity contribution in [3.05, 3.63) is 65.0 Å². The van der Waals surface area contributed by atoms with Gasteiger partial charge in [-0.15, -0.1) is 0 Å². The number of aromatic nitrogens is 1. The number of aromatic amines is 1. The van der Waals surface area contributed by atoms with Crippen LogP contribution in [-0.2, 0) is 4.79 Å². The van der Waals surface area contributed by atoms with Crippen molar-refractivity contribution in [2.24, 2.45) is 0 Å². The van der Waals surface area contributed by atoms with E-state index in [1.54, 1.807) is 20.3 Å². The van der Waals surface area contributed by atoms with Gasteiger partial charge in [0.25, 0.3) is 11.8 Å². The molecule has 0 bridgehead atoms. The molecule has 2 aliphatic heterocycles. The second-order valence-electron chi connectivity index (χ2n) is 9.75. The zero-order valence-electron chi connectivity index (χ0n) is 22.1. The van der Waals surface area contributed by atoms with Gasteiger partial charge in [-0.1, -0.05) is 18.2 Å². The van der Waals surface area contributed by atoms with Crippen LogP contribution in [0.5, 0.6) is 11.5 Å². The van der Waals surface area contributed by atoms with Gasteiger partial charge in [0.2, 0.25) is 0 Å². The lowest BCUT2D eigenvalue weighted by Crippen LogP contribution is -2.28. The third kappa shape index (κ3) is 5.17. The molecule has 2 aromatic carbocycles. The predicted octanol–water partition coefficient (Wildman–Crippen LogP) is 4.72. The fraction of sp³-hybridized carbons (Fsp3) is 0.333. The van der Waals surface area contributed by atoms with Crippen LogP contribution in [0.3, 0.4) is 0 Å². The molecule has 3 heterocycles. The summed E-state index contributed by atoms with van der Waals surface area (Å²) in [4.78, 5) is 31.9. The van der Waals surface area contributed by atoms with Crippen LogP contribution < -0.4 is 20.1 Å². The molecule has 2 aliphatic rings. The number of aryl methyl sites for hydroxylation is 1. The van der Waals surface area contributed by atoms with Gasteiger partial charge in [0.05, 0.1) is 31.1 Å². The minimum Gasteiger partial charge on any atom is -0.493 e. The van der Waals surface area contributed by atoms with Gasteiger partial charge in [-0.25, -0.2) is 0 Å². The first-order valence-corrected chi connectivity index (χ1v) is 13.1. The summed E-state index contributed by atoms with van der Waals surface area (Å²) in [7, 11) is 3.20. The second-order valence-corrected chi connectivity index (χ2v) is 9.75. The first kappa shape index (κ1) is 25.6. The normalized spacial score (nSPS) is 16.0. The fourth-order valence-electron chi connectivity index (χ4n) is 5.29. The van der Waals surface area contributed by atoms with Crippen LogP contribution in [0.2, 0.25) is 0 Å². The lowest BCUT2D eigenvalue weighted by atomic mass is 9.94. The quantitative estimate of drug-likeness (QED) is 0.284. The van der Waals surface area contributed by atoms with Crippen molar-refractivity contribution in [1.29, 1.82) is 0 Å². The third-order valence-corrected chi connectivity index (χ3v) is 7.17. The Hall–Kier alpha value is -4.04. The largest absolute Gasteiger partial charge is 0.493 e. The molecule has 38 heavy (non-hydrogen) atoms. The number of methoxy groups -OCH3 is 2. The number of nitrogens with zero attached hydrogens (tertiary/aromatic N) is 1. The number of ether oxygens (including phenoxy) is 2. The Labute approximate surface area is 223 Å². The molecule has 1 fully saturated rings. The summed E-state index contributed by atoms with van der Waals surface area (Å²) in [5.41, 5.74) is 5.77. The molecule has 0 aliphatic carbocycles. The molecule has 1 aromatic heterocycles. The number of hydrogen-bond acceptors (Lipinski definition) is 5. The number of benzene rings is 2. The highest BCUT2D eigenvalue weighted by atomic mass is 16.5. The number of rotatable bonds is 9. The zero-order chi connectivity index (χ0) is 26.6. The minimum absolute atomic E-state index is 0.144.